The van der Waals surface area contributed by atoms with Crippen molar-refractivity contribution in [1.29, 1.82) is 0 Å². The molecule has 3 rings (SSSR count). The Balaban J connectivity index is 1.72. The molecule has 0 bridgehead atoms. The van der Waals surface area contributed by atoms with E-state index in [0.717, 1.165) is 37.7 Å². The fraction of sp³-hybridized carbons (Fsp3) is 0.667. The summed E-state index contributed by atoms with van der Waals surface area (Å²) in [7, 11) is -1.59. The lowest BCUT2D eigenvalue weighted by Gasteiger charge is -2.33. The van der Waals surface area contributed by atoms with Crippen LogP contribution in [-0.4, -0.2) is 69.5 Å². The molecule has 1 aliphatic carbocycles. The maximum atomic E-state index is 13.5. The van der Waals surface area contributed by atoms with Crippen LogP contribution in [-0.2, 0) is 16.0 Å². The summed E-state index contributed by atoms with van der Waals surface area (Å²) in [6, 6.07) is 7.97. The van der Waals surface area contributed by atoms with Crippen molar-refractivity contribution >= 4 is 36.1 Å². The molecule has 8 nitrogen and oxygen atoms in total. The number of amides is 2. The molecular formula is C27H43BN4O4S. The SMILES string of the molecule is CC(C)C[C@H](NC(=S)[C@H](Cc1ccccc1)NC(=O)C1CCCN1C(=O)[C@@H](N)C1CCCCC1)B(O)O. The lowest BCUT2D eigenvalue weighted by Crippen LogP contribution is -2.58. The summed E-state index contributed by atoms with van der Waals surface area (Å²) in [5, 5.41) is 25.9. The summed E-state index contributed by atoms with van der Waals surface area (Å²) in [6.45, 7) is 4.51. The number of benzene rings is 1. The lowest BCUT2D eigenvalue weighted by molar-refractivity contribution is -0.140. The van der Waals surface area contributed by atoms with E-state index in [9.17, 15) is 19.6 Å². The first kappa shape index (κ1) is 29.5. The maximum absolute atomic E-state index is 13.5. The molecule has 1 unspecified atom stereocenters. The van der Waals surface area contributed by atoms with Gasteiger partial charge in [-0.25, -0.2) is 0 Å². The Kier molecular flexibility index (Phi) is 11.4. The highest BCUT2D eigenvalue weighted by Gasteiger charge is 2.39. The van der Waals surface area contributed by atoms with Crippen LogP contribution in [0.3, 0.4) is 0 Å². The Labute approximate surface area is 226 Å². The standard InChI is InChI=1S/C27H43BN4O4S/c1-18(2)16-23(28(35)36)31-26(37)21(17-19-10-5-3-6-11-19)30-25(33)22-14-9-15-32(22)27(34)24(29)20-12-7-4-8-13-20/h3,5-6,10-11,18,20-24,35-36H,4,7-9,12-17,29H2,1-2H3,(H,30,33)(H,31,37)/t21-,22?,23-,24-/m0/s1. The number of hydrogen-bond acceptors (Lipinski definition) is 6. The minimum Gasteiger partial charge on any atom is -0.426 e. The van der Waals surface area contributed by atoms with Gasteiger partial charge in [0.15, 0.2) is 0 Å². The molecule has 0 radical (unpaired) electrons. The third-order valence-electron chi connectivity index (χ3n) is 7.61. The van der Waals surface area contributed by atoms with Gasteiger partial charge in [-0.1, -0.05) is 75.7 Å². The molecule has 6 N–H and O–H groups in total. The van der Waals surface area contributed by atoms with E-state index in [4.69, 9.17) is 18.0 Å². The van der Waals surface area contributed by atoms with Crippen molar-refractivity contribution in [2.24, 2.45) is 17.6 Å². The van der Waals surface area contributed by atoms with Gasteiger partial charge >= 0.3 is 7.12 Å². The van der Waals surface area contributed by atoms with Gasteiger partial charge in [0, 0.05) is 6.54 Å². The molecule has 2 aliphatic rings. The van der Waals surface area contributed by atoms with Gasteiger partial charge in [-0.2, -0.15) is 0 Å². The molecule has 1 saturated heterocycles. The van der Waals surface area contributed by atoms with E-state index in [2.05, 4.69) is 10.6 Å². The van der Waals surface area contributed by atoms with Gasteiger partial charge in [0.25, 0.3) is 0 Å². The van der Waals surface area contributed by atoms with E-state index < -0.39 is 31.2 Å². The maximum Gasteiger partial charge on any atom is 0.475 e. The minimum absolute atomic E-state index is 0.134. The van der Waals surface area contributed by atoms with Gasteiger partial charge in [0.2, 0.25) is 11.8 Å². The van der Waals surface area contributed by atoms with Gasteiger partial charge in [-0.15, -0.1) is 0 Å². The summed E-state index contributed by atoms with van der Waals surface area (Å²) in [6.07, 6.45) is 7.59. The summed E-state index contributed by atoms with van der Waals surface area (Å²) in [5.41, 5.74) is 7.39. The van der Waals surface area contributed by atoms with Crippen molar-refractivity contribution in [3.05, 3.63) is 35.9 Å². The molecule has 37 heavy (non-hydrogen) atoms. The van der Waals surface area contributed by atoms with Crippen molar-refractivity contribution in [3.63, 3.8) is 0 Å². The van der Waals surface area contributed by atoms with Crippen molar-refractivity contribution in [1.82, 2.24) is 15.5 Å². The summed E-state index contributed by atoms with van der Waals surface area (Å²) in [4.78, 5) is 28.8. The normalized spacial score (nSPS) is 20.8. The van der Waals surface area contributed by atoms with E-state index in [1.807, 2.05) is 44.2 Å². The Morgan fingerprint density at radius 2 is 1.76 bits per heavy atom. The van der Waals surface area contributed by atoms with Crippen LogP contribution in [0.1, 0.15) is 70.8 Å². The summed E-state index contributed by atoms with van der Waals surface area (Å²) >= 11 is 5.68. The number of rotatable bonds is 11. The minimum atomic E-state index is -1.59. The molecule has 2 amide bonds. The molecular weight excluding hydrogens is 487 g/mol. The average Bonchev–Trinajstić information content (AvgIpc) is 3.38. The molecule has 4 atom stereocenters. The molecule has 2 fully saturated rings. The highest BCUT2D eigenvalue weighted by atomic mass is 32.1. The number of likely N-dealkylation sites (tertiary alicyclic amines) is 1. The van der Waals surface area contributed by atoms with Gasteiger partial charge in [0.1, 0.15) is 6.04 Å². The van der Waals surface area contributed by atoms with E-state index in [0.29, 0.717) is 30.8 Å². The van der Waals surface area contributed by atoms with Crippen LogP contribution in [0, 0.1) is 11.8 Å². The van der Waals surface area contributed by atoms with Crippen LogP contribution in [0.4, 0.5) is 0 Å². The van der Waals surface area contributed by atoms with Gasteiger partial charge in [-0.3, -0.25) is 9.59 Å². The number of nitrogens with one attached hydrogen (secondary N) is 2. The number of nitrogens with zero attached hydrogens (tertiary/aromatic N) is 1. The predicted molar refractivity (Wildman–Crippen MR) is 151 cm³/mol. The number of carbonyl (C=O) groups excluding carboxylic acids is 2. The van der Waals surface area contributed by atoms with E-state index in [1.165, 1.54) is 6.42 Å². The van der Waals surface area contributed by atoms with Crippen LogP contribution < -0.4 is 16.4 Å². The number of carbonyl (C=O) groups is 2. The van der Waals surface area contributed by atoms with Crippen LogP contribution >= 0.6 is 12.2 Å². The quantitative estimate of drug-likeness (QED) is 0.219. The second kappa shape index (κ2) is 14.2. The molecule has 0 spiro atoms. The van der Waals surface area contributed by atoms with Gasteiger partial charge in [-0.05, 0) is 55.9 Å². The van der Waals surface area contributed by atoms with Gasteiger partial charge < -0.3 is 31.3 Å². The zero-order valence-corrected chi connectivity index (χ0v) is 23.0. The number of thiocarbonyl (C=S) groups is 1. The summed E-state index contributed by atoms with van der Waals surface area (Å²) in [5.74, 6) is -0.644. The smallest absolute Gasteiger partial charge is 0.426 e. The average molecular weight is 531 g/mol. The molecule has 204 valence electrons. The molecule has 1 aromatic rings. The van der Waals surface area contributed by atoms with E-state index >= 15 is 0 Å². The topological polar surface area (TPSA) is 128 Å². The van der Waals surface area contributed by atoms with Crippen molar-refractivity contribution in [2.45, 2.75) is 95.7 Å². The second-order valence-electron chi connectivity index (χ2n) is 11.0. The van der Waals surface area contributed by atoms with E-state index in [-0.39, 0.29) is 23.7 Å². The molecule has 1 saturated carbocycles. The molecule has 0 aromatic heterocycles. The Morgan fingerprint density at radius 3 is 2.38 bits per heavy atom. The van der Waals surface area contributed by atoms with Crippen LogP contribution in [0.25, 0.3) is 0 Å². The number of nitrogens with two attached hydrogens (primary N) is 1. The fourth-order valence-electron chi connectivity index (χ4n) is 5.56. The zero-order chi connectivity index (χ0) is 26.9. The van der Waals surface area contributed by atoms with Crippen molar-refractivity contribution < 1.29 is 19.6 Å². The zero-order valence-electron chi connectivity index (χ0n) is 22.1. The van der Waals surface area contributed by atoms with Crippen molar-refractivity contribution in [2.75, 3.05) is 6.54 Å². The molecule has 10 heteroatoms. The Morgan fingerprint density at radius 1 is 1.08 bits per heavy atom. The van der Waals surface area contributed by atoms with E-state index in [1.54, 1.807) is 4.90 Å². The third-order valence-corrected chi connectivity index (χ3v) is 8.01. The highest BCUT2D eigenvalue weighted by molar-refractivity contribution is 7.80. The third kappa shape index (κ3) is 8.50. The number of hydrogen-bond donors (Lipinski definition) is 5. The predicted octanol–water partition coefficient (Wildman–Crippen LogP) is 1.96. The van der Waals surface area contributed by atoms with Gasteiger partial charge in [0.05, 0.1) is 23.0 Å². The lowest BCUT2D eigenvalue weighted by atomic mass is 9.75. The molecule has 1 aliphatic heterocycles. The van der Waals surface area contributed by atoms with Crippen LogP contribution in [0.15, 0.2) is 30.3 Å². The monoisotopic (exact) mass is 530 g/mol. The first-order valence-electron chi connectivity index (χ1n) is 13.7. The van der Waals surface area contributed by atoms with Crippen molar-refractivity contribution in [3.8, 4) is 0 Å². The Hall–Kier alpha value is -2.01. The Bertz CT molecular complexity index is 898. The fourth-order valence-corrected chi connectivity index (χ4v) is 5.86. The molecule has 1 heterocycles. The first-order valence-corrected chi connectivity index (χ1v) is 14.1. The largest absolute Gasteiger partial charge is 0.475 e. The highest BCUT2D eigenvalue weighted by Crippen LogP contribution is 2.28. The van der Waals surface area contributed by atoms with Crippen LogP contribution in [0.2, 0.25) is 0 Å². The second-order valence-corrected chi connectivity index (χ2v) is 11.5. The van der Waals surface area contributed by atoms with Crippen LogP contribution in [0.5, 0.6) is 0 Å². The molecule has 1 aromatic carbocycles. The summed E-state index contributed by atoms with van der Waals surface area (Å²) < 4.78 is 0. The first-order chi connectivity index (χ1) is 17.7.